The number of fused-ring (bicyclic) bond motifs is 1. The first kappa shape index (κ1) is 15.7. The second kappa shape index (κ2) is 6.91. The summed E-state index contributed by atoms with van der Waals surface area (Å²) < 4.78 is 0. The van der Waals surface area contributed by atoms with Gasteiger partial charge in [0.1, 0.15) is 11.6 Å². The maximum Gasteiger partial charge on any atom is 0.258 e. The van der Waals surface area contributed by atoms with Crippen LogP contribution in [-0.4, -0.2) is 27.4 Å². The van der Waals surface area contributed by atoms with Gasteiger partial charge in [-0.1, -0.05) is 12.1 Å². The quantitative estimate of drug-likeness (QED) is 0.663. The van der Waals surface area contributed by atoms with E-state index in [1.54, 1.807) is 30.3 Å². The van der Waals surface area contributed by atoms with Crippen LogP contribution < -0.4 is 16.2 Å². The molecule has 2 heterocycles. The van der Waals surface area contributed by atoms with Crippen molar-refractivity contribution in [3.8, 4) is 0 Å². The van der Waals surface area contributed by atoms with Crippen LogP contribution in [0.4, 0.5) is 5.82 Å². The molecule has 0 atom stereocenters. The molecule has 122 valence electrons. The van der Waals surface area contributed by atoms with Gasteiger partial charge in [0.2, 0.25) is 0 Å². The summed E-state index contributed by atoms with van der Waals surface area (Å²) in [4.78, 5) is 35.0. The number of rotatable bonds is 5. The van der Waals surface area contributed by atoms with Crippen molar-refractivity contribution in [2.45, 2.75) is 13.5 Å². The molecule has 2 aromatic heterocycles. The number of aromatic amines is 1. The first-order valence-electron chi connectivity index (χ1n) is 7.63. The van der Waals surface area contributed by atoms with Crippen LogP contribution >= 0.6 is 0 Å². The first-order valence-corrected chi connectivity index (χ1v) is 7.63. The van der Waals surface area contributed by atoms with Crippen LogP contribution in [0.15, 0.2) is 47.4 Å². The van der Waals surface area contributed by atoms with Gasteiger partial charge in [0, 0.05) is 12.7 Å². The Balaban J connectivity index is 1.72. The van der Waals surface area contributed by atoms with Crippen molar-refractivity contribution in [2.75, 3.05) is 11.9 Å². The van der Waals surface area contributed by atoms with Gasteiger partial charge in [0.25, 0.3) is 11.5 Å². The Morgan fingerprint density at radius 3 is 2.79 bits per heavy atom. The predicted molar refractivity (Wildman–Crippen MR) is 91.9 cm³/mol. The largest absolute Gasteiger partial charge is 0.363 e. The monoisotopic (exact) mass is 323 g/mol. The Bertz CT molecular complexity index is 918. The average Bonchev–Trinajstić information content (AvgIpc) is 2.61. The van der Waals surface area contributed by atoms with Gasteiger partial charge in [-0.3, -0.25) is 9.59 Å². The van der Waals surface area contributed by atoms with Crippen molar-refractivity contribution in [3.63, 3.8) is 0 Å². The van der Waals surface area contributed by atoms with Crippen molar-refractivity contribution >= 4 is 22.6 Å². The molecule has 0 aliphatic rings. The molecule has 0 bridgehead atoms. The van der Waals surface area contributed by atoms with E-state index in [1.165, 1.54) is 6.20 Å². The van der Waals surface area contributed by atoms with E-state index >= 15 is 0 Å². The maximum atomic E-state index is 12.0. The van der Waals surface area contributed by atoms with Crippen molar-refractivity contribution in [1.29, 1.82) is 0 Å². The summed E-state index contributed by atoms with van der Waals surface area (Å²) >= 11 is 0. The number of amides is 1. The van der Waals surface area contributed by atoms with Gasteiger partial charge in [-0.05, 0) is 31.2 Å². The van der Waals surface area contributed by atoms with Crippen LogP contribution in [0, 0.1) is 0 Å². The molecule has 0 aliphatic carbocycles. The number of nitrogens with one attached hydrogen (secondary N) is 3. The minimum Gasteiger partial charge on any atom is -0.363 e. The second-order valence-corrected chi connectivity index (χ2v) is 5.17. The third-order valence-electron chi connectivity index (χ3n) is 3.46. The van der Waals surface area contributed by atoms with Crippen LogP contribution in [0.2, 0.25) is 0 Å². The highest BCUT2D eigenvalue weighted by Gasteiger charge is 2.06. The summed E-state index contributed by atoms with van der Waals surface area (Å²) in [5.41, 5.74) is 0.981. The number of pyridine rings is 1. The fourth-order valence-corrected chi connectivity index (χ4v) is 2.29. The van der Waals surface area contributed by atoms with Gasteiger partial charge in [-0.2, -0.15) is 0 Å². The fraction of sp³-hybridized carbons (Fsp3) is 0.176. The van der Waals surface area contributed by atoms with Gasteiger partial charge in [0.15, 0.2) is 0 Å². The van der Waals surface area contributed by atoms with E-state index in [2.05, 4.69) is 25.6 Å². The van der Waals surface area contributed by atoms with Gasteiger partial charge in [-0.15, -0.1) is 0 Å². The van der Waals surface area contributed by atoms with E-state index in [9.17, 15) is 9.59 Å². The summed E-state index contributed by atoms with van der Waals surface area (Å²) in [5.74, 6) is 0.962. The van der Waals surface area contributed by atoms with Gasteiger partial charge >= 0.3 is 0 Å². The Kier molecular flexibility index (Phi) is 4.51. The number of H-pyrrole nitrogens is 1. The van der Waals surface area contributed by atoms with E-state index in [1.807, 2.05) is 13.0 Å². The van der Waals surface area contributed by atoms with Crippen molar-refractivity contribution in [1.82, 2.24) is 20.3 Å². The molecule has 0 aliphatic heterocycles. The minimum atomic E-state index is -0.169. The molecule has 7 nitrogen and oxygen atoms in total. The molecule has 7 heteroatoms. The smallest absolute Gasteiger partial charge is 0.258 e. The molecule has 0 spiro atoms. The highest BCUT2D eigenvalue weighted by Crippen LogP contribution is 2.08. The van der Waals surface area contributed by atoms with E-state index < -0.39 is 0 Å². The zero-order chi connectivity index (χ0) is 16.9. The lowest BCUT2D eigenvalue weighted by molar-refractivity contribution is 0.0955. The number of hydrogen-bond donors (Lipinski definition) is 3. The lowest BCUT2D eigenvalue weighted by Gasteiger charge is -2.07. The number of anilines is 1. The van der Waals surface area contributed by atoms with Crippen LogP contribution in [0.1, 0.15) is 23.1 Å². The predicted octanol–water partition coefficient (Wildman–Crippen LogP) is 1.68. The molecule has 3 N–H and O–H groups in total. The van der Waals surface area contributed by atoms with Crippen LogP contribution in [-0.2, 0) is 6.54 Å². The number of aromatic nitrogens is 3. The Hall–Kier alpha value is -3.22. The third-order valence-corrected chi connectivity index (χ3v) is 3.46. The Morgan fingerprint density at radius 1 is 1.21 bits per heavy atom. The summed E-state index contributed by atoms with van der Waals surface area (Å²) in [6, 6.07) is 10.6. The van der Waals surface area contributed by atoms with Gasteiger partial charge < -0.3 is 15.6 Å². The Morgan fingerprint density at radius 2 is 2.04 bits per heavy atom. The molecule has 1 amide bonds. The molecule has 0 saturated carbocycles. The van der Waals surface area contributed by atoms with Gasteiger partial charge in [-0.25, -0.2) is 9.97 Å². The molecule has 0 unspecified atom stereocenters. The van der Waals surface area contributed by atoms with Crippen LogP contribution in [0.5, 0.6) is 0 Å². The molecule has 24 heavy (non-hydrogen) atoms. The highest BCUT2D eigenvalue weighted by atomic mass is 16.1. The summed E-state index contributed by atoms with van der Waals surface area (Å²) in [7, 11) is 0. The molecule has 0 fully saturated rings. The lowest BCUT2D eigenvalue weighted by atomic mass is 10.2. The summed E-state index contributed by atoms with van der Waals surface area (Å²) in [5, 5.41) is 6.35. The number of para-hydroxylation sites is 1. The SMILES string of the molecule is CCNC(=O)c1ccc(NCc2nc3ccccc3c(=O)[nH]2)nc1. The number of hydrogen-bond acceptors (Lipinski definition) is 5. The zero-order valence-corrected chi connectivity index (χ0v) is 13.2. The topological polar surface area (TPSA) is 99.8 Å². The fourth-order valence-electron chi connectivity index (χ4n) is 2.29. The number of carbonyl (C=O) groups is 1. The summed E-state index contributed by atoms with van der Waals surface area (Å²) in [6.07, 6.45) is 1.50. The molecular formula is C17H17N5O2. The second-order valence-electron chi connectivity index (χ2n) is 5.17. The standard InChI is InChI=1S/C17H17N5O2/c1-2-18-16(23)11-7-8-14(19-9-11)20-10-15-21-13-6-4-3-5-12(13)17(24)22-15/h3-9H,2,10H2,1H3,(H,18,23)(H,19,20)(H,21,22,24). The van der Waals surface area contributed by atoms with Crippen molar-refractivity contribution in [2.24, 2.45) is 0 Å². The van der Waals surface area contributed by atoms with E-state index in [-0.39, 0.29) is 11.5 Å². The average molecular weight is 323 g/mol. The molecule has 0 radical (unpaired) electrons. The van der Waals surface area contributed by atoms with E-state index in [4.69, 9.17) is 0 Å². The highest BCUT2D eigenvalue weighted by molar-refractivity contribution is 5.93. The van der Waals surface area contributed by atoms with Crippen molar-refractivity contribution in [3.05, 3.63) is 64.3 Å². The Labute approximate surface area is 138 Å². The number of carbonyl (C=O) groups excluding carboxylic acids is 1. The van der Waals surface area contributed by atoms with E-state index in [0.29, 0.717) is 41.2 Å². The number of nitrogens with zero attached hydrogens (tertiary/aromatic N) is 2. The first-order chi connectivity index (χ1) is 11.7. The van der Waals surface area contributed by atoms with Gasteiger partial charge in [0.05, 0.1) is 23.0 Å². The van der Waals surface area contributed by atoms with E-state index in [0.717, 1.165) is 0 Å². The van der Waals surface area contributed by atoms with Crippen molar-refractivity contribution < 1.29 is 4.79 Å². The van der Waals surface area contributed by atoms with Crippen LogP contribution in [0.3, 0.4) is 0 Å². The third kappa shape index (κ3) is 3.40. The molecule has 0 saturated heterocycles. The summed E-state index contributed by atoms with van der Waals surface area (Å²) in [6.45, 7) is 2.76. The minimum absolute atomic E-state index is 0.155. The van der Waals surface area contributed by atoms with Crippen LogP contribution in [0.25, 0.3) is 10.9 Å². The normalized spacial score (nSPS) is 10.5. The molecule has 3 rings (SSSR count). The maximum absolute atomic E-state index is 12.0. The molecule has 3 aromatic rings. The molecular weight excluding hydrogens is 306 g/mol. The lowest BCUT2D eigenvalue weighted by Crippen LogP contribution is -2.22. The zero-order valence-electron chi connectivity index (χ0n) is 13.2. The number of benzene rings is 1. The molecule has 1 aromatic carbocycles.